The van der Waals surface area contributed by atoms with E-state index in [-0.39, 0.29) is 35.7 Å². The Morgan fingerprint density at radius 1 is 1.18 bits per heavy atom. The molecule has 8 heteroatoms. The molecule has 0 aliphatic carbocycles. The topological polar surface area (TPSA) is 68.7 Å². The number of likely N-dealkylation sites (tertiary alicyclic amines) is 1. The van der Waals surface area contributed by atoms with E-state index in [1.807, 2.05) is 0 Å². The van der Waals surface area contributed by atoms with Gasteiger partial charge in [0.2, 0.25) is 0 Å². The first kappa shape index (κ1) is 23.3. The molecule has 2 saturated heterocycles. The minimum atomic E-state index is -0.775. The van der Waals surface area contributed by atoms with Crippen molar-refractivity contribution in [3.05, 3.63) is 52.7 Å². The first-order chi connectivity index (χ1) is 16.2. The highest BCUT2D eigenvalue weighted by Crippen LogP contribution is 2.35. The molecular formula is C26H32F2N4O2. The lowest BCUT2D eigenvalue weighted by molar-refractivity contribution is 0.0207. The zero-order valence-electron chi connectivity index (χ0n) is 19.8. The van der Waals surface area contributed by atoms with E-state index in [1.54, 1.807) is 30.9 Å². The van der Waals surface area contributed by atoms with E-state index in [0.717, 1.165) is 32.4 Å². The third-order valence-corrected chi connectivity index (χ3v) is 7.66. The van der Waals surface area contributed by atoms with Gasteiger partial charge >= 0.3 is 0 Å². The van der Waals surface area contributed by atoms with Gasteiger partial charge in [0.25, 0.3) is 5.91 Å². The molecule has 3 aliphatic heterocycles. The van der Waals surface area contributed by atoms with Crippen LogP contribution in [0.1, 0.15) is 54.6 Å². The van der Waals surface area contributed by atoms with Crippen molar-refractivity contribution in [3.63, 3.8) is 0 Å². The molecular weight excluding hydrogens is 438 g/mol. The molecule has 3 aliphatic rings. The van der Waals surface area contributed by atoms with Crippen molar-refractivity contribution >= 4 is 5.91 Å². The van der Waals surface area contributed by atoms with Crippen molar-refractivity contribution in [1.29, 1.82) is 0 Å². The Labute approximate surface area is 199 Å². The highest BCUT2D eigenvalue weighted by atomic mass is 19.1. The number of hydrogen-bond donors (Lipinski definition) is 2. The number of pyridine rings is 1. The fraction of sp³-hybridized carbons (Fsp3) is 0.538. The molecule has 34 heavy (non-hydrogen) atoms. The molecule has 1 amide bonds. The van der Waals surface area contributed by atoms with Crippen molar-refractivity contribution in [1.82, 2.24) is 20.1 Å². The van der Waals surface area contributed by atoms with E-state index in [4.69, 9.17) is 0 Å². The van der Waals surface area contributed by atoms with Crippen LogP contribution in [0.25, 0.3) is 11.3 Å². The molecule has 1 aromatic carbocycles. The summed E-state index contributed by atoms with van der Waals surface area (Å²) in [5, 5.41) is 13.6. The highest BCUT2D eigenvalue weighted by molar-refractivity contribution is 5.99. The van der Waals surface area contributed by atoms with E-state index in [2.05, 4.69) is 15.2 Å². The molecule has 2 aromatic rings. The standard InChI is InChI=1S/C26H32F2N4O2/c1-26(2,34)17-8-11-31(14-17)13-16-7-10-30-24(22(16)27)20-6-5-19-21(23(20)28)15-32(25(19)33)18-4-3-9-29-12-18/h5-7,10,17-18,29,34H,3-4,8-9,11-15H2,1-2H3/t17-,18?/m0/s1. The van der Waals surface area contributed by atoms with Crippen LogP contribution < -0.4 is 5.32 Å². The number of piperidine rings is 1. The fourth-order valence-electron chi connectivity index (χ4n) is 5.54. The summed E-state index contributed by atoms with van der Waals surface area (Å²) in [6.07, 6.45) is 4.23. The maximum atomic E-state index is 15.6. The molecule has 2 fully saturated rings. The maximum Gasteiger partial charge on any atom is 0.254 e. The second-order valence-corrected chi connectivity index (χ2v) is 10.4. The number of carbonyl (C=O) groups is 1. The van der Waals surface area contributed by atoms with Gasteiger partial charge in [-0.25, -0.2) is 8.78 Å². The van der Waals surface area contributed by atoms with Gasteiger partial charge in [-0.3, -0.25) is 14.7 Å². The lowest BCUT2D eigenvalue weighted by Crippen LogP contribution is -2.46. The van der Waals surface area contributed by atoms with Gasteiger partial charge in [0, 0.05) is 60.0 Å². The molecule has 1 unspecified atom stereocenters. The molecule has 182 valence electrons. The first-order valence-corrected chi connectivity index (χ1v) is 12.2. The summed E-state index contributed by atoms with van der Waals surface area (Å²) >= 11 is 0. The number of amides is 1. The molecule has 1 aromatic heterocycles. The quantitative estimate of drug-likeness (QED) is 0.702. The predicted octanol–water partition coefficient (Wildman–Crippen LogP) is 3.33. The molecule has 0 radical (unpaired) electrons. The van der Waals surface area contributed by atoms with E-state index in [0.29, 0.717) is 36.3 Å². The lowest BCUT2D eigenvalue weighted by Gasteiger charge is -2.31. The van der Waals surface area contributed by atoms with E-state index in [1.165, 1.54) is 12.3 Å². The SMILES string of the molecule is CC(C)(O)[C@H]1CCN(Cc2ccnc(-c3ccc4c(c3F)CN(C3CCCNC3)C4=O)c2F)C1. The number of hydrogen-bond acceptors (Lipinski definition) is 5. The number of nitrogens with zero attached hydrogens (tertiary/aromatic N) is 3. The number of nitrogens with one attached hydrogen (secondary N) is 1. The summed E-state index contributed by atoms with van der Waals surface area (Å²) in [7, 11) is 0. The number of benzene rings is 1. The molecule has 2 N–H and O–H groups in total. The Kier molecular flexibility index (Phi) is 6.16. The van der Waals surface area contributed by atoms with E-state index < -0.39 is 17.2 Å². The molecule has 5 rings (SSSR count). The van der Waals surface area contributed by atoms with Crippen LogP contribution in [0.2, 0.25) is 0 Å². The lowest BCUT2D eigenvalue weighted by atomic mass is 9.90. The summed E-state index contributed by atoms with van der Waals surface area (Å²) in [5.74, 6) is -1.13. The molecule has 0 saturated carbocycles. The van der Waals surface area contributed by atoms with Gasteiger partial charge in [0.1, 0.15) is 11.5 Å². The number of carbonyl (C=O) groups excluding carboxylic acids is 1. The maximum absolute atomic E-state index is 15.6. The van der Waals surface area contributed by atoms with Gasteiger partial charge in [-0.1, -0.05) is 0 Å². The van der Waals surface area contributed by atoms with Gasteiger partial charge in [0.15, 0.2) is 5.82 Å². The van der Waals surface area contributed by atoms with Crippen LogP contribution in [0.15, 0.2) is 24.4 Å². The summed E-state index contributed by atoms with van der Waals surface area (Å²) in [6.45, 7) is 7.28. The average Bonchev–Trinajstić information content (AvgIpc) is 3.42. The predicted molar refractivity (Wildman–Crippen MR) is 125 cm³/mol. The van der Waals surface area contributed by atoms with Gasteiger partial charge in [-0.15, -0.1) is 0 Å². The molecule has 0 spiro atoms. The highest BCUT2D eigenvalue weighted by Gasteiger charge is 2.37. The van der Waals surface area contributed by atoms with Gasteiger partial charge < -0.3 is 15.3 Å². The van der Waals surface area contributed by atoms with Crippen molar-refractivity contribution in [2.75, 3.05) is 26.2 Å². The molecule has 2 atom stereocenters. The van der Waals surface area contributed by atoms with Crippen LogP contribution in [0.3, 0.4) is 0 Å². The zero-order chi connectivity index (χ0) is 24.0. The largest absolute Gasteiger partial charge is 0.390 e. The average molecular weight is 471 g/mol. The smallest absolute Gasteiger partial charge is 0.254 e. The van der Waals surface area contributed by atoms with Crippen LogP contribution in [0.4, 0.5) is 8.78 Å². The van der Waals surface area contributed by atoms with Crippen molar-refractivity contribution in [3.8, 4) is 11.3 Å². The molecule has 0 bridgehead atoms. The third-order valence-electron chi connectivity index (χ3n) is 7.66. The van der Waals surface area contributed by atoms with Crippen molar-refractivity contribution < 1.29 is 18.7 Å². The molecule has 4 heterocycles. The second kappa shape index (κ2) is 8.98. The third kappa shape index (κ3) is 4.23. The van der Waals surface area contributed by atoms with Crippen LogP contribution in [-0.4, -0.2) is 63.6 Å². The summed E-state index contributed by atoms with van der Waals surface area (Å²) in [5.41, 5.74) is 0.424. The second-order valence-electron chi connectivity index (χ2n) is 10.4. The Hall–Kier alpha value is -2.42. The van der Waals surface area contributed by atoms with Crippen molar-refractivity contribution in [2.45, 2.75) is 57.8 Å². The Bertz CT molecular complexity index is 1090. The van der Waals surface area contributed by atoms with E-state index >= 15 is 8.78 Å². The normalized spacial score (nSPS) is 23.6. The minimum absolute atomic E-state index is 0.0266. The van der Waals surface area contributed by atoms with Crippen molar-refractivity contribution in [2.24, 2.45) is 5.92 Å². The number of halogens is 2. The van der Waals surface area contributed by atoms with Gasteiger partial charge in [-0.2, -0.15) is 0 Å². The van der Waals surface area contributed by atoms with Gasteiger partial charge in [-0.05, 0) is 64.4 Å². The van der Waals surface area contributed by atoms with Crippen LogP contribution in [0, 0.1) is 17.6 Å². The summed E-state index contributed by atoms with van der Waals surface area (Å²) < 4.78 is 31.2. The van der Waals surface area contributed by atoms with Crippen LogP contribution in [0.5, 0.6) is 0 Å². The Morgan fingerprint density at radius 3 is 2.68 bits per heavy atom. The zero-order valence-corrected chi connectivity index (χ0v) is 19.8. The summed E-state index contributed by atoms with van der Waals surface area (Å²) in [6, 6.07) is 4.75. The monoisotopic (exact) mass is 470 g/mol. The Balaban J connectivity index is 1.39. The number of fused-ring (bicyclic) bond motifs is 1. The number of aromatic nitrogens is 1. The van der Waals surface area contributed by atoms with Crippen LogP contribution >= 0.6 is 0 Å². The number of aliphatic hydroxyl groups is 1. The Morgan fingerprint density at radius 2 is 1.97 bits per heavy atom. The van der Waals surface area contributed by atoms with E-state index in [9.17, 15) is 9.90 Å². The van der Waals surface area contributed by atoms with Crippen LogP contribution in [-0.2, 0) is 13.1 Å². The molecule has 6 nitrogen and oxygen atoms in total. The summed E-state index contributed by atoms with van der Waals surface area (Å²) in [4.78, 5) is 20.9. The number of rotatable bonds is 5. The van der Waals surface area contributed by atoms with Gasteiger partial charge in [0.05, 0.1) is 12.1 Å². The first-order valence-electron chi connectivity index (χ1n) is 12.2. The fourth-order valence-corrected chi connectivity index (χ4v) is 5.54. The minimum Gasteiger partial charge on any atom is -0.390 e.